The molecule has 2 nitrogen and oxygen atoms in total. The zero-order chi connectivity index (χ0) is 20.6. The van der Waals surface area contributed by atoms with Crippen LogP contribution in [0.3, 0.4) is 0 Å². The fraction of sp³-hybridized carbons (Fsp3) is 0.846. The molecule has 0 spiro atoms. The molecule has 3 rings (SSSR count). The first-order valence-corrected chi connectivity index (χ1v) is 12.0. The highest BCUT2D eigenvalue weighted by Crippen LogP contribution is 2.38. The maximum Gasteiger partial charge on any atom is 0.0647 e. The molecule has 7 atom stereocenters. The van der Waals surface area contributed by atoms with Crippen LogP contribution in [0.1, 0.15) is 68.2 Å². The first kappa shape index (κ1) is 22.1. The first-order chi connectivity index (χ1) is 13.2. The monoisotopic (exact) mass is 386 g/mol. The highest BCUT2D eigenvalue weighted by atomic mass is 15.4. The number of nitrogens with zero attached hydrogens (tertiary/aromatic N) is 2. The molecule has 0 aromatic rings. The second-order valence-corrected chi connectivity index (χ2v) is 11.1. The molecule has 1 heterocycles. The summed E-state index contributed by atoms with van der Waals surface area (Å²) in [4.78, 5) is 5.69. The summed E-state index contributed by atoms with van der Waals surface area (Å²) >= 11 is 0. The smallest absolute Gasteiger partial charge is 0.0647 e. The van der Waals surface area contributed by atoms with Crippen LogP contribution in [-0.4, -0.2) is 42.1 Å². The van der Waals surface area contributed by atoms with Crippen LogP contribution in [0.2, 0.25) is 0 Å². The van der Waals surface area contributed by atoms with Crippen LogP contribution >= 0.6 is 0 Å². The van der Waals surface area contributed by atoms with Crippen molar-refractivity contribution in [3.05, 3.63) is 23.3 Å². The molecular formula is C26H46N2. The Balaban J connectivity index is 1.69. The molecule has 3 aliphatic rings. The molecule has 0 bridgehead atoms. The van der Waals surface area contributed by atoms with Crippen molar-refractivity contribution in [2.45, 2.75) is 74.4 Å². The third kappa shape index (κ3) is 4.75. The lowest BCUT2D eigenvalue weighted by molar-refractivity contribution is 0.0439. The second-order valence-electron chi connectivity index (χ2n) is 11.1. The van der Waals surface area contributed by atoms with Crippen molar-refractivity contribution >= 4 is 0 Å². The van der Waals surface area contributed by atoms with Crippen LogP contribution in [0.4, 0.5) is 0 Å². The van der Waals surface area contributed by atoms with E-state index in [2.05, 4.69) is 77.3 Å². The van der Waals surface area contributed by atoms with E-state index in [1.54, 1.807) is 11.1 Å². The second kappa shape index (κ2) is 9.04. The normalized spacial score (nSPS) is 40.7. The average molecular weight is 387 g/mol. The molecule has 2 heteroatoms. The number of hydrogen-bond acceptors (Lipinski definition) is 2. The van der Waals surface area contributed by atoms with Gasteiger partial charge < -0.3 is 0 Å². The molecule has 28 heavy (non-hydrogen) atoms. The van der Waals surface area contributed by atoms with Gasteiger partial charge in [0.15, 0.2) is 0 Å². The van der Waals surface area contributed by atoms with E-state index in [0.717, 1.165) is 35.5 Å². The summed E-state index contributed by atoms with van der Waals surface area (Å²) in [7, 11) is 0. The highest BCUT2D eigenvalue weighted by Gasteiger charge is 2.40. The van der Waals surface area contributed by atoms with Crippen LogP contribution in [0, 0.1) is 41.4 Å². The molecule has 0 radical (unpaired) electrons. The van der Waals surface area contributed by atoms with Crippen molar-refractivity contribution in [1.29, 1.82) is 0 Å². The van der Waals surface area contributed by atoms with Gasteiger partial charge in [0, 0.05) is 26.2 Å². The maximum atomic E-state index is 2.84. The van der Waals surface area contributed by atoms with E-state index >= 15 is 0 Å². The fourth-order valence-corrected chi connectivity index (χ4v) is 6.86. The lowest BCUT2D eigenvalue weighted by Gasteiger charge is -2.42. The zero-order valence-corrected chi connectivity index (χ0v) is 19.9. The SMILES string of the molecule is CC1=C[C@H](C)[C@H](CN2CCN(C[C@@H]3[C@H](C)C=C(C)C[C@@H]3C)C2C(C)C)[C@H](C)C1. The van der Waals surface area contributed by atoms with Gasteiger partial charge in [0.1, 0.15) is 0 Å². The standard InChI is InChI=1S/C26H46N2/c1-17(2)26-27(15-24-20(5)11-18(3)12-21(24)6)9-10-28(26)16-25-22(7)13-19(4)14-23(25)8/h11,13,17,20-26H,9-10,12,14-16H2,1-8H3/t20-,21+,22+,23-,24-,25+,26?. The van der Waals surface area contributed by atoms with Crippen molar-refractivity contribution in [3.63, 3.8) is 0 Å². The minimum absolute atomic E-state index is 0.623. The summed E-state index contributed by atoms with van der Waals surface area (Å²) in [6, 6.07) is 0. The lowest BCUT2D eigenvalue weighted by Crippen LogP contribution is -2.48. The van der Waals surface area contributed by atoms with Gasteiger partial charge in [0.05, 0.1) is 6.17 Å². The Morgan fingerprint density at radius 3 is 1.50 bits per heavy atom. The molecule has 160 valence electrons. The Bertz CT molecular complexity index is 541. The van der Waals surface area contributed by atoms with Crippen LogP contribution in [0.15, 0.2) is 23.3 Å². The van der Waals surface area contributed by atoms with Crippen molar-refractivity contribution in [3.8, 4) is 0 Å². The Morgan fingerprint density at radius 1 is 0.786 bits per heavy atom. The van der Waals surface area contributed by atoms with E-state index in [9.17, 15) is 0 Å². The largest absolute Gasteiger partial charge is 0.286 e. The Labute approximate surface area is 175 Å². The molecule has 0 saturated carbocycles. The predicted octanol–water partition coefficient (Wildman–Crippen LogP) is 6.06. The summed E-state index contributed by atoms with van der Waals surface area (Å²) in [5, 5.41) is 0. The molecule has 1 saturated heterocycles. The van der Waals surface area contributed by atoms with Crippen LogP contribution < -0.4 is 0 Å². The fourth-order valence-electron chi connectivity index (χ4n) is 6.86. The van der Waals surface area contributed by atoms with Gasteiger partial charge in [0.25, 0.3) is 0 Å². The van der Waals surface area contributed by atoms with Crippen molar-refractivity contribution in [1.82, 2.24) is 9.80 Å². The van der Waals surface area contributed by atoms with E-state index in [4.69, 9.17) is 0 Å². The molecule has 1 aliphatic heterocycles. The van der Waals surface area contributed by atoms with Gasteiger partial charge in [-0.3, -0.25) is 9.80 Å². The van der Waals surface area contributed by atoms with Crippen molar-refractivity contribution < 1.29 is 0 Å². The quantitative estimate of drug-likeness (QED) is 0.530. The Morgan fingerprint density at radius 2 is 1.18 bits per heavy atom. The first-order valence-electron chi connectivity index (χ1n) is 12.0. The van der Waals surface area contributed by atoms with Crippen molar-refractivity contribution in [2.75, 3.05) is 26.2 Å². The topological polar surface area (TPSA) is 6.48 Å². The van der Waals surface area contributed by atoms with Gasteiger partial charge in [-0.25, -0.2) is 0 Å². The van der Waals surface area contributed by atoms with Crippen LogP contribution in [0.5, 0.6) is 0 Å². The molecule has 1 fully saturated rings. The van der Waals surface area contributed by atoms with E-state index in [0.29, 0.717) is 12.1 Å². The van der Waals surface area contributed by atoms with Crippen LogP contribution in [0.25, 0.3) is 0 Å². The van der Waals surface area contributed by atoms with E-state index in [1.807, 2.05) is 0 Å². The van der Waals surface area contributed by atoms with Gasteiger partial charge in [0.2, 0.25) is 0 Å². The lowest BCUT2D eigenvalue weighted by atomic mass is 9.74. The molecule has 0 N–H and O–H groups in total. The van der Waals surface area contributed by atoms with Gasteiger partial charge in [-0.15, -0.1) is 0 Å². The molecule has 2 aliphatic carbocycles. The maximum absolute atomic E-state index is 2.84. The Kier molecular flexibility index (Phi) is 7.14. The van der Waals surface area contributed by atoms with Gasteiger partial charge in [-0.05, 0) is 68.1 Å². The Hall–Kier alpha value is -0.600. The molecule has 0 aromatic carbocycles. The molecule has 1 unspecified atom stereocenters. The van der Waals surface area contributed by atoms with Crippen LogP contribution in [-0.2, 0) is 0 Å². The minimum Gasteiger partial charge on any atom is -0.286 e. The third-order valence-electron chi connectivity index (χ3n) is 8.10. The zero-order valence-electron chi connectivity index (χ0n) is 19.9. The van der Waals surface area contributed by atoms with E-state index < -0.39 is 0 Å². The average Bonchev–Trinajstić information content (AvgIpc) is 2.96. The summed E-state index contributed by atoms with van der Waals surface area (Å²) in [6.45, 7) is 24.4. The molecular weight excluding hydrogens is 340 g/mol. The van der Waals surface area contributed by atoms with E-state index in [1.165, 1.54) is 39.0 Å². The molecule has 0 aromatic heterocycles. The number of hydrogen-bond donors (Lipinski definition) is 0. The van der Waals surface area contributed by atoms with Gasteiger partial charge >= 0.3 is 0 Å². The van der Waals surface area contributed by atoms with E-state index in [-0.39, 0.29) is 0 Å². The predicted molar refractivity (Wildman–Crippen MR) is 122 cm³/mol. The minimum atomic E-state index is 0.623. The summed E-state index contributed by atoms with van der Waals surface area (Å²) in [6.07, 6.45) is 8.30. The third-order valence-corrected chi connectivity index (χ3v) is 8.10. The number of rotatable bonds is 5. The highest BCUT2D eigenvalue weighted by molar-refractivity contribution is 5.10. The van der Waals surface area contributed by atoms with Gasteiger partial charge in [-0.2, -0.15) is 0 Å². The summed E-state index contributed by atoms with van der Waals surface area (Å²) in [5.41, 5.74) is 3.20. The number of allylic oxidation sites excluding steroid dienone is 4. The van der Waals surface area contributed by atoms with Gasteiger partial charge in [-0.1, -0.05) is 64.8 Å². The molecule has 0 amide bonds. The van der Waals surface area contributed by atoms with Crippen molar-refractivity contribution in [2.24, 2.45) is 41.4 Å². The summed E-state index contributed by atoms with van der Waals surface area (Å²) < 4.78 is 0. The summed E-state index contributed by atoms with van der Waals surface area (Å²) in [5.74, 6) is 5.38.